The standard InChI is InChI=1S/C13H10N4OS3/c1-8-7-19-13(15-8)20-10-4-2-9(3-5-10)16-12(18)11-6-14-17-21-11/h2-7H,1H3,(H,16,18). The van der Waals surface area contributed by atoms with Gasteiger partial charge in [-0.2, -0.15) is 0 Å². The third kappa shape index (κ3) is 3.66. The first kappa shape index (κ1) is 14.2. The van der Waals surface area contributed by atoms with Crippen LogP contribution < -0.4 is 5.32 Å². The van der Waals surface area contributed by atoms with Crippen LogP contribution >= 0.6 is 34.6 Å². The molecule has 106 valence electrons. The van der Waals surface area contributed by atoms with Gasteiger partial charge in [0.2, 0.25) is 0 Å². The fourth-order valence-electron chi connectivity index (χ4n) is 1.55. The van der Waals surface area contributed by atoms with Gasteiger partial charge in [0.05, 0.1) is 6.20 Å². The van der Waals surface area contributed by atoms with E-state index >= 15 is 0 Å². The smallest absolute Gasteiger partial charge is 0.269 e. The van der Waals surface area contributed by atoms with E-state index in [-0.39, 0.29) is 5.91 Å². The van der Waals surface area contributed by atoms with Crippen LogP contribution in [0.4, 0.5) is 5.69 Å². The molecule has 3 rings (SSSR count). The number of hydrogen-bond donors (Lipinski definition) is 1. The predicted octanol–water partition coefficient (Wildman–Crippen LogP) is 3.71. The minimum Gasteiger partial charge on any atom is -0.321 e. The topological polar surface area (TPSA) is 67.8 Å². The van der Waals surface area contributed by atoms with E-state index in [0.717, 1.165) is 32.1 Å². The zero-order chi connectivity index (χ0) is 14.7. The summed E-state index contributed by atoms with van der Waals surface area (Å²) in [4.78, 5) is 17.8. The van der Waals surface area contributed by atoms with Crippen molar-refractivity contribution in [2.24, 2.45) is 0 Å². The summed E-state index contributed by atoms with van der Waals surface area (Å²) >= 11 is 4.31. The largest absolute Gasteiger partial charge is 0.321 e. The molecule has 0 saturated carbocycles. The van der Waals surface area contributed by atoms with Gasteiger partial charge in [-0.15, -0.1) is 16.4 Å². The van der Waals surface area contributed by atoms with Crippen LogP contribution in [0.15, 0.2) is 45.1 Å². The van der Waals surface area contributed by atoms with Crippen LogP contribution in [0.2, 0.25) is 0 Å². The van der Waals surface area contributed by atoms with Crippen LogP contribution in [-0.4, -0.2) is 20.5 Å². The van der Waals surface area contributed by atoms with Crippen LogP contribution in [0.3, 0.4) is 0 Å². The van der Waals surface area contributed by atoms with Gasteiger partial charge in [-0.1, -0.05) is 16.3 Å². The fourth-order valence-corrected chi connectivity index (χ4v) is 3.77. The summed E-state index contributed by atoms with van der Waals surface area (Å²) < 4.78 is 4.68. The first-order valence-corrected chi connectivity index (χ1v) is 8.46. The van der Waals surface area contributed by atoms with Gasteiger partial charge in [0, 0.05) is 21.7 Å². The number of carbonyl (C=O) groups excluding carboxylic acids is 1. The summed E-state index contributed by atoms with van der Waals surface area (Å²) in [7, 11) is 0. The molecule has 0 spiro atoms. The fraction of sp³-hybridized carbons (Fsp3) is 0.0769. The molecule has 0 unspecified atom stereocenters. The lowest BCUT2D eigenvalue weighted by Gasteiger charge is -2.04. The third-order valence-corrected chi connectivity index (χ3v) is 5.23. The molecule has 5 nitrogen and oxygen atoms in total. The minimum absolute atomic E-state index is 0.194. The summed E-state index contributed by atoms with van der Waals surface area (Å²) in [5.41, 5.74) is 1.78. The molecule has 1 aromatic carbocycles. The highest BCUT2D eigenvalue weighted by molar-refractivity contribution is 8.01. The van der Waals surface area contributed by atoms with Crippen LogP contribution in [0, 0.1) is 6.92 Å². The normalized spacial score (nSPS) is 10.5. The molecule has 3 aromatic rings. The van der Waals surface area contributed by atoms with Crippen molar-refractivity contribution >= 4 is 46.2 Å². The first-order valence-electron chi connectivity index (χ1n) is 5.99. The molecule has 21 heavy (non-hydrogen) atoms. The van der Waals surface area contributed by atoms with Crippen LogP contribution in [-0.2, 0) is 0 Å². The Morgan fingerprint density at radius 2 is 2.10 bits per heavy atom. The van der Waals surface area contributed by atoms with Gasteiger partial charge in [0.1, 0.15) is 4.88 Å². The molecule has 1 N–H and O–H groups in total. The van der Waals surface area contributed by atoms with E-state index in [1.165, 1.54) is 6.20 Å². The van der Waals surface area contributed by atoms with Crippen molar-refractivity contribution in [2.45, 2.75) is 16.2 Å². The monoisotopic (exact) mass is 334 g/mol. The molecular weight excluding hydrogens is 324 g/mol. The van der Waals surface area contributed by atoms with E-state index in [0.29, 0.717) is 4.88 Å². The first-order chi connectivity index (χ1) is 10.2. The zero-order valence-corrected chi connectivity index (χ0v) is 13.4. The number of nitrogens with zero attached hydrogens (tertiary/aromatic N) is 3. The highest BCUT2D eigenvalue weighted by atomic mass is 32.2. The van der Waals surface area contributed by atoms with Gasteiger partial charge >= 0.3 is 0 Å². The van der Waals surface area contributed by atoms with Crippen LogP contribution in [0.25, 0.3) is 0 Å². The maximum absolute atomic E-state index is 11.9. The van der Waals surface area contributed by atoms with Gasteiger partial charge in [-0.05, 0) is 42.7 Å². The van der Waals surface area contributed by atoms with Crippen molar-refractivity contribution in [3.63, 3.8) is 0 Å². The van der Waals surface area contributed by atoms with Crippen molar-refractivity contribution in [3.05, 3.63) is 46.4 Å². The summed E-state index contributed by atoms with van der Waals surface area (Å²) in [6.07, 6.45) is 1.45. The Hall–Kier alpha value is -1.77. The van der Waals surface area contributed by atoms with Gasteiger partial charge in [0.15, 0.2) is 4.34 Å². The Balaban J connectivity index is 1.65. The lowest BCUT2D eigenvalue weighted by molar-refractivity contribution is 0.103. The van der Waals surface area contributed by atoms with Crippen molar-refractivity contribution < 1.29 is 4.79 Å². The highest BCUT2D eigenvalue weighted by Gasteiger charge is 2.09. The maximum Gasteiger partial charge on any atom is 0.269 e. The van der Waals surface area contributed by atoms with Gasteiger partial charge in [0.25, 0.3) is 5.91 Å². The molecule has 0 fully saturated rings. The Morgan fingerprint density at radius 1 is 1.29 bits per heavy atom. The molecule has 0 aliphatic rings. The SMILES string of the molecule is Cc1csc(Sc2ccc(NC(=O)c3cnns3)cc2)n1. The highest BCUT2D eigenvalue weighted by Crippen LogP contribution is 2.30. The molecule has 0 saturated heterocycles. The zero-order valence-electron chi connectivity index (χ0n) is 10.9. The molecule has 0 radical (unpaired) electrons. The number of benzene rings is 1. The molecular formula is C13H10N4OS3. The summed E-state index contributed by atoms with van der Waals surface area (Å²) in [6, 6.07) is 7.66. The second-order valence-electron chi connectivity index (χ2n) is 4.12. The van der Waals surface area contributed by atoms with Crippen molar-refractivity contribution in [3.8, 4) is 0 Å². The molecule has 2 aromatic heterocycles. The molecule has 0 aliphatic carbocycles. The second-order valence-corrected chi connectivity index (χ2v) is 7.08. The molecule has 1 amide bonds. The Morgan fingerprint density at radius 3 is 2.71 bits per heavy atom. The van der Waals surface area contributed by atoms with E-state index in [2.05, 4.69) is 19.9 Å². The summed E-state index contributed by atoms with van der Waals surface area (Å²) in [5.74, 6) is -0.194. The number of nitrogens with one attached hydrogen (secondary N) is 1. The minimum atomic E-state index is -0.194. The number of amides is 1. The molecule has 0 bridgehead atoms. The quantitative estimate of drug-likeness (QED) is 0.788. The number of aromatic nitrogens is 3. The number of hydrogen-bond acceptors (Lipinski definition) is 7. The van der Waals surface area contributed by atoms with Crippen molar-refractivity contribution in [1.29, 1.82) is 0 Å². The summed E-state index contributed by atoms with van der Waals surface area (Å²) in [6.45, 7) is 1.98. The van der Waals surface area contributed by atoms with E-state index in [1.807, 2.05) is 36.6 Å². The van der Waals surface area contributed by atoms with Crippen molar-refractivity contribution in [1.82, 2.24) is 14.6 Å². The van der Waals surface area contributed by atoms with Crippen LogP contribution in [0.1, 0.15) is 15.4 Å². The van der Waals surface area contributed by atoms with Gasteiger partial charge in [-0.3, -0.25) is 4.79 Å². The number of anilines is 1. The third-order valence-electron chi connectivity index (χ3n) is 2.50. The molecule has 2 heterocycles. The summed E-state index contributed by atoms with van der Waals surface area (Å²) in [5, 5.41) is 8.48. The van der Waals surface area contributed by atoms with Gasteiger partial charge in [-0.25, -0.2) is 4.98 Å². The molecule has 0 atom stereocenters. The second kappa shape index (κ2) is 6.33. The maximum atomic E-state index is 11.9. The molecule has 0 aliphatic heterocycles. The average molecular weight is 334 g/mol. The number of carbonyl (C=O) groups is 1. The number of rotatable bonds is 4. The average Bonchev–Trinajstić information content (AvgIpc) is 3.13. The van der Waals surface area contributed by atoms with E-state index in [1.54, 1.807) is 23.1 Å². The predicted molar refractivity (Wildman–Crippen MR) is 85.3 cm³/mol. The Bertz CT molecular complexity index is 737. The van der Waals surface area contributed by atoms with E-state index < -0.39 is 0 Å². The lowest BCUT2D eigenvalue weighted by atomic mass is 10.3. The Kier molecular flexibility index (Phi) is 4.28. The lowest BCUT2D eigenvalue weighted by Crippen LogP contribution is -2.09. The number of thiazole rings is 1. The van der Waals surface area contributed by atoms with E-state index in [9.17, 15) is 4.79 Å². The Labute approximate surface area is 133 Å². The van der Waals surface area contributed by atoms with Crippen LogP contribution in [0.5, 0.6) is 0 Å². The van der Waals surface area contributed by atoms with Crippen molar-refractivity contribution in [2.75, 3.05) is 5.32 Å². The van der Waals surface area contributed by atoms with E-state index in [4.69, 9.17) is 0 Å². The van der Waals surface area contributed by atoms with Gasteiger partial charge < -0.3 is 5.32 Å². The molecule has 8 heteroatoms. The number of aryl methyl sites for hydroxylation is 1.